The molecule has 2 N–H and O–H groups in total. The summed E-state index contributed by atoms with van der Waals surface area (Å²) in [6.45, 7) is 0. The van der Waals surface area contributed by atoms with Gasteiger partial charge in [0.2, 0.25) is 0 Å². The van der Waals surface area contributed by atoms with Crippen molar-refractivity contribution in [3.8, 4) is 0 Å². The highest BCUT2D eigenvalue weighted by Gasteiger charge is 2.15. The molecule has 0 aliphatic rings. The van der Waals surface area contributed by atoms with Gasteiger partial charge in [-0.25, -0.2) is 0 Å². The van der Waals surface area contributed by atoms with Gasteiger partial charge in [0.05, 0.1) is 7.11 Å². The Bertz CT molecular complexity index is 297. The average Bonchev–Trinajstić information content (AvgIpc) is 2.49. The van der Waals surface area contributed by atoms with E-state index in [9.17, 15) is 4.79 Å². The van der Waals surface area contributed by atoms with Gasteiger partial charge in [-0.05, 0) is 23.7 Å². The minimum absolute atomic E-state index is 0.284. The molecule has 0 saturated heterocycles. The minimum atomic E-state index is -0.702. The highest BCUT2D eigenvalue weighted by atomic mass is 35.5. The predicted molar refractivity (Wildman–Crippen MR) is 47.4 cm³/mol. The Morgan fingerprint density at radius 2 is 2.46 bits per heavy atom. The van der Waals surface area contributed by atoms with Crippen LogP contribution >= 0.6 is 11.6 Å². The number of hydrogen-bond donors (Lipinski definition) is 1. The van der Waals surface area contributed by atoms with Crippen LogP contribution in [0.3, 0.4) is 0 Å². The largest absolute Gasteiger partial charge is 0.468 e. The first-order valence-electron chi connectivity index (χ1n) is 3.71. The number of furan rings is 1. The summed E-state index contributed by atoms with van der Waals surface area (Å²) in [6, 6.07) is 2.57. The van der Waals surface area contributed by atoms with Crippen molar-refractivity contribution >= 4 is 17.6 Å². The van der Waals surface area contributed by atoms with Gasteiger partial charge in [-0.2, -0.15) is 0 Å². The molecular weight excluding hydrogens is 194 g/mol. The van der Waals surface area contributed by atoms with Crippen LogP contribution in [-0.4, -0.2) is 19.1 Å². The molecule has 0 amide bonds. The van der Waals surface area contributed by atoms with Crippen LogP contribution < -0.4 is 5.73 Å². The minimum Gasteiger partial charge on any atom is -0.468 e. The quantitative estimate of drug-likeness (QED) is 0.744. The van der Waals surface area contributed by atoms with Crippen LogP contribution in [0.5, 0.6) is 0 Å². The Morgan fingerprint density at radius 3 is 2.92 bits per heavy atom. The number of carbonyl (C=O) groups is 1. The summed E-state index contributed by atoms with van der Waals surface area (Å²) in [7, 11) is 1.29. The molecule has 0 spiro atoms. The van der Waals surface area contributed by atoms with Gasteiger partial charge in [0.25, 0.3) is 0 Å². The smallest absolute Gasteiger partial charge is 0.323 e. The summed E-state index contributed by atoms with van der Waals surface area (Å²) in [6.07, 6.45) is 0.291. The van der Waals surface area contributed by atoms with E-state index >= 15 is 0 Å². The van der Waals surface area contributed by atoms with Gasteiger partial charge in [0.15, 0.2) is 5.22 Å². The van der Waals surface area contributed by atoms with Crippen LogP contribution in [0.15, 0.2) is 16.5 Å². The number of esters is 1. The zero-order valence-corrected chi connectivity index (χ0v) is 7.88. The van der Waals surface area contributed by atoms with Gasteiger partial charge >= 0.3 is 5.97 Å². The van der Waals surface area contributed by atoms with E-state index < -0.39 is 12.0 Å². The molecule has 1 rings (SSSR count). The first kappa shape index (κ1) is 10.1. The first-order valence-corrected chi connectivity index (χ1v) is 4.09. The van der Waals surface area contributed by atoms with Crippen LogP contribution in [0, 0.1) is 0 Å². The molecule has 0 unspecified atom stereocenters. The number of nitrogens with two attached hydrogens (primary N) is 1. The van der Waals surface area contributed by atoms with E-state index in [0.29, 0.717) is 12.2 Å². The summed E-state index contributed by atoms with van der Waals surface area (Å²) >= 11 is 5.53. The topological polar surface area (TPSA) is 65.5 Å². The number of rotatable bonds is 3. The van der Waals surface area contributed by atoms with Gasteiger partial charge in [0, 0.05) is 6.42 Å². The van der Waals surface area contributed by atoms with E-state index in [0.717, 1.165) is 0 Å². The maximum Gasteiger partial charge on any atom is 0.323 e. The zero-order valence-electron chi connectivity index (χ0n) is 7.12. The van der Waals surface area contributed by atoms with Crippen LogP contribution in [0.2, 0.25) is 5.22 Å². The lowest BCUT2D eigenvalue weighted by Crippen LogP contribution is -2.33. The van der Waals surface area contributed by atoms with E-state index in [1.807, 2.05) is 0 Å². The van der Waals surface area contributed by atoms with Crippen molar-refractivity contribution in [2.24, 2.45) is 5.73 Å². The summed E-state index contributed by atoms with van der Waals surface area (Å²) in [5, 5.41) is 0.284. The third-order valence-corrected chi connectivity index (χ3v) is 1.76. The van der Waals surface area contributed by atoms with E-state index in [1.165, 1.54) is 7.11 Å². The molecule has 1 aromatic rings. The van der Waals surface area contributed by atoms with Crippen molar-refractivity contribution in [1.29, 1.82) is 0 Å². The molecular formula is C8H10ClNO3. The second kappa shape index (κ2) is 4.30. The summed E-state index contributed by atoms with van der Waals surface area (Å²) in [5.74, 6) is 0.107. The molecule has 0 bridgehead atoms. The monoisotopic (exact) mass is 203 g/mol. The van der Waals surface area contributed by atoms with Gasteiger partial charge in [0.1, 0.15) is 11.8 Å². The van der Waals surface area contributed by atoms with E-state index in [2.05, 4.69) is 4.74 Å². The molecule has 0 fully saturated rings. The van der Waals surface area contributed by atoms with Gasteiger partial charge in [-0.3, -0.25) is 4.79 Å². The maximum absolute atomic E-state index is 10.9. The van der Waals surface area contributed by atoms with Crippen molar-refractivity contribution < 1.29 is 13.9 Å². The standard InChI is InChI=1S/C8H10ClNO3/c1-12-8(11)6(10)4-5-2-3-7(9)13-5/h2-3,6H,4,10H2,1H3/t6-/m0/s1. The van der Waals surface area contributed by atoms with Crippen LogP contribution in [0.4, 0.5) is 0 Å². The third-order valence-electron chi connectivity index (χ3n) is 1.55. The summed E-state index contributed by atoms with van der Waals surface area (Å²) in [4.78, 5) is 10.9. The van der Waals surface area contributed by atoms with Crippen LogP contribution in [0.1, 0.15) is 5.76 Å². The molecule has 0 radical (unpaired) electrons. The van der Waals surface area contributed by atoms with E-state index in [1.54, 1.807) is 12.1 Å². The first-order chi connectivity index (χ1) is 6.13. The zero-order chi connectivity index (χ0) is 9.84. The molecule has 0 aliphatic carbocycles. The number of halogens is 1. The molecule has 4 nitrogen and oxygen atoms in total. The number of ether oxygens (including phenoxy) is 1. The van der Waals surface area contributed by atoms with E-state index in [-0.39, 0.29) is 5.22 Å². The lowest BCUT2D eigenvalue weighted by Gasteiger charge is -2.05. The van der Waals surface area contributed by atoms with Crippen molar-refractivity contribution in [3.63, 3.8) is 0 Å². The predicted octanol–water partition coefficient (Wildman–Crippen LogP) is 0.976. The normalized spacial score (nSPS) is 12.5. The second-order valence-corrected chi connectivity index (χ2v) is 2.91. The summed E-state index contributed by atoms with van der Waals surface area (Å²) < 4.78 is 9.48. The lowest BCUT2D eigenvalue weighted by atomic mass is 10.2. The van der Waals surface area contributed by atoms with Gasteiger partial charge in [-0.15, -0.1) is 0 Å². The molecule has 1 atom stereocenters. The maximum atomic E-state index is 10.9. The molecule has 13 heavy (non-hydrogen) atoms. The average molecular weight is 204 g/mol. The van der Waals surface area contributed by atoms with Crippen molar-refractivity contribution in [3.05, 3.63) is 23.1 Å². The highest BCUT2D eigenvalue weighted by Crippen LogP contribution is 2.14. The Kier molecular flexibility index (Phi) is 3.33. The molecule has 0 saturated carbocycles. The molecule has 0 aliphatic heterocycles. The van der Waals surface area contributed by atoms with Gasteiger partial charge < -0.3 is 14.9 Å². The van der Waals surface area contributed by atoms with Crippen LogP contribution in [0.25, 0.3) is 0 Å². The molecule has 72 valence electrons. The molecule has 5 heteroatoms. The van der Waals surface area contributed by atoms with Gasteiger partial charge in [-0.1, -0.05) is 0 Å². The van der Waals surface area contributed by atoms with E-state index in [4.69, 9.17) is 21.8 Å². The highest BCUT2D eigenvalue weighted by molar-refractivity contribution is 6.28. The number of hydrogen-bond acceptors (Lipinski definition) is 4. The number of carbonyl (C=O) groups excluding carboxylic acids is 1. The Labute approximate surface area is 80.6 Å². The summed E-state index contributed by atoms with van der Waals surface area (Å²) in [5.41, 5.74) is 5.49. The third kappa shape index (κ3) is 2.75. The molecule has 0 aromatic carbocycles. The van der Waals surface area contributed by atoms with Crippen molar-refractivity contribution in [1.82, 2.24) is 0 Å². The fourth-order valence-corrected chi connectivity index (χ4v) is 1.07. The fourth-order valence-electron chi connectivity index (χ4n) is 0.913. The van der Waals surface area contributed by atoms with Crippen LogP contribution in [-0.2, 0) is 16.0 Å². The van der Waals surface area contributed by atoms with Crippen molar-refractivity contribution in [2.45, 2.75) is 12.5 Å². The number of methoxy groups -OCH3 is 1. The Balaban J connectivity index is 2.54. The Morgan fingerprint density at radius 1 is 1.77 bits per heavy atom. The SMILES string of the molecule is COC(=O)[C@@H](N)Cc1ccc(Cl)o1. The Hall–Kier alpha value is -1.00. The fraction of sp³-hybridized carbons (Fsp3) is 0.375. The van der Waals surface area contributed by atoms with Crippen molar-refractivity contribution in [2.75, 3.05) is 7.11 Å². The molecule has 1 aromatic heterocycles. The second-order valence-electron chi connectivity index (χ2n) is 2.54. The molecule has 1 heterocycles. The lowest BCUT2D eigenvalue weighted by molar-refractivity contribution is -0.142.